The molecule has 21 nitrogen and oxygen atoms in total. The average Bonchev–Trinajstić information content (AvgIpc) is 1.30. The first kappa shape index (κ1) is 91.5. The number of epoxide rings is 4. The van der Waals surface area contributed by atoms with Crippen LogP contribution < -0.4 is 34.9 Å². The van der Waals surface area contributed by atoms with Gasteiger partial charge in [0.1, 0.15) is 58.1 Å². The number of carbonyl (C=O) groups is 6. The Kier molecular flexibility index (Phi) is 25.1. The van der Waals surface area contributed by atoms with E-state index in [2.05, 4.69) is 109 Å². The van der Waals surface area contributed by atoms with Gasteiger partial charge in [0.2, 0.25) is 11.8 Å². The highest BCUT2D eigenvalue weighted by Crippen LogP contribution is 2.59. The number of benzene rings is 9. The zero-order valence-corrected chi connectivity index (χ0v) is 80.5. The molecule has 0 bridgehead atoms. The van der Waals surface area contributed by atoms with Crippen LogP contribution in [0.4, 0.5) is 0 Å². The summed E-state index contributed by atoms with van der Waals surface area (Å²) in [4.78, 5) is 110. The van der Waals surface area contributed by atoms with Crippen molar-refractivity contribution in [1.29, 1.82) is 0 Å². The first-order valence-corrected chi connectivity index (χ1v) is 49.6. The van der Waals surface area contributed by atoms with Crippen molar-refractivity contribution in [1.82, 2.24) is 35.6 Å². The Morgan fingerprint density at radius 1 is 0.333 bits per heavy atom. The van der Waals surface area contributed by atoms with Crippen LogP contribution in [0.1, 0.15) is 290 Å². The Balaban J connectivity index is 0.847. The molecule has 19 rings (SSSR count). The fourth-order valence-electron chi connectivity index (χ4n) is 22.5. The number of hydrogen-bond donors (Lipinski definition) is 3. The molecule has 0 aromatic heterocycles. The van der Waals surface area contributed by atoms with Gasteiger partial charge >= 0.3 is 0 Å². The molecule has 21 heteroatoms. The molecule has 3 N–H and O–H groups in total. The van der Waals surface area contributed by atoms with E-state index in [-0.39, 0.29) is 150 Å². The van der Waals surface area contributed by atoms with Gasteiger partial charge in [-0.25, -0.2) is 0 Å². The maximum Gasteiger partial charge on any atom is 0.262 e. The van der Waals surface area contributed by atoms with Crippen molar-refractivity contribution in [3.8, 4) is 46.0 Å². The zero-order chi connectivity index (χ0) is 92.5. The van der Waals surface area contributed by atoms with E-state index in [1.807, 2.05) is 125 Å². The molecular formula is C111H137N7O14. The SMILES string of the molecule is CC(C)C(C(=O)N(C1CCC(CCC2CO2)CC1)C1CCC(NCC2CO2)CC1)N1C(=O)c2cc(Oc3ccc(C(C)(C)C)cc3)c3c4c(Oc5ccc(C(C)(C)C)cc5)cc5c6c(cc(Oc7ccc(C(C)(C)C)cc7)c(c7c(Oc8ccc(C(C)(C)C)cc8)cc(c2c37)C1=O)c64)C(=O)N(C(C(=O)N(C1CCC(NCC2CO2)CC1)C1CCC(NCC2CO2)CC1)C(C)C)C5=O. The number of rotatable bonds is 30. The molecule has 4 saturated heterocycles. The van der Waals surface area contributed by atoms with E-state index in [0.717, 1.165) is 184 Å². The largest absolute Gasteiger partial charge is 0.457 e. The van der Waals surface area contributed by atoms with Gasteiger partial charge in [0.05, 0.1) is 73.1 Å². The van der Waals surface area contributed by atoms with Crippen LogP contribution in [0.3, 0.4) is 0 Å². The molecule has 4 saturated carbocycles. The van der Waals surface area contributed by atoms with Gasteiger partial charge in [0.15, 0.2) is 0 Å². The third kappa shape index (κ3) is 18.8. The van der Waals surface area contributed by atoms with Crippen molar-refractivity contribution in [3.63, 3.8) is 0 Å². The van der Waals surface area contributed by atoms with Gasteiger partial charge in [-0.05, 0) is 250 Å². The van der Waals surface area contributed by atoms with E-state index < -0.39 is 47.5 Å². The summed E-state index contributed by atoms with van der Waals surface area (Å²) in [5.74, 6) is -1.51. The zero-order valence-electron chi connectivity index (χ0n) is 80.5. The maximum absolute atomic E-state index is 17.4. The van der Waals surface area contributed by atoms with E-state index in [0.29, 0.717) is 67.3 Å². The van der Waals surface area contributed by atoms with Gasteiger partial charge in [-0.3, -0.25) is 38.6 Å². The molecule has 6 unspecified atom stereocenters. The number of fused-ring (bicyclic) bond motifs is 2. The number of ether oxygens (including phenoxy) is 8. The van der Waals surface area contributed by atoms with Gasteiger partial charge in [-0.15, -0.1) is 0 Å². The van der Waals surface area contributed by atoms with Gasteiger partial charge < -0.3 is 63.6 Å². The topological polar surface area (TPSA) is 239 Å². The molecule has 6 heterocycles. The van der Waals surface area contributed by atoms with Crippen molar-refractivity contribution in [2.45, 2.75) is 327 Å². The maximum atomic E-state index is 17.4. The lowest BCUT2D eigenvalue weighted by Crippen LogP contribution is -2.61. The van der Waals surface area contributed by atoms with Crippen LogP contribution >= 0.6 is 0 Å². The minimum Gasteiger partial charge on any atom is -0.457 e. The van der Waals surface area contributed by atoms with E-state index in [1.165, 1.54) is 9.80 Å². The summed E-state index contributed by atoms with van der Waals surface area (Å²) in [5.41, 5.74) is 3.58. The lowest BCUT2D eigenvalue weighted by Gasteiger charge is -2.47. The average molecular weight is 1790 g/mol. The summed E-state index contributed by atoms with van der Waals surface area (Å²) < 4.78 is 53.1. The Hall–Kier alpha value is -9.58. The molecule has 132 heavy (non-hydrogen) atoms. The second kappa shape index (κ2) is 36.2. The quantitative estimate of drug-likeness (QED) is 0.0164. The number of nitrogens with zero attached hydrogens (tertiary/aromatic N) is 4. The highest BCUT2D eigenvalue weighted by atomic mass is 16.6. The fourth-order valence-corrected chi connectivity index (χ4v) is 22.5. The third-order valence-electron chi connectivity index (χ3n) is 30.5. The molecule has 10 aliphatic rings. The molecule has 6 amide bonds. The van der Waals surface area contributed by atoms with Gasteiger partial charge in [-0.2, -0.15) is 0 Å². The molecule has 9 aromatic rings. The molecular weight excluding hydrogens is 1660 g/mol. The van der Waals surface area contributed by atoms with Crippen LogP contribution in [-0.4, -0.2) is 180 Å². The number of amides is 6. The predicted molar refractivity (Wildman–Crippen MR) is 517 cm³/mol. The standard InChI is InChI=1S/C111H137N7O14/c1-62(2)100(106(123)115(72-34-17-64(18-35-72)19-42-80-58-125-80)73-36-28-69(29-37-73)112-55-81-59-126-81)117-102(119)84-51-88(129-76-43-20-65(21-44-76)108(5,6)7)94-96-90(131-78-47-24-67(25-48-78)110(11,12)13)53-86-93-87(105(122)118(104(86)121)101(63(3)4)107(124)116(74-38-30-70(31-39-74)113-56-82-60-127-82)75-40-32-71(33-41-75)114-57-83-61-128-83)54-91(132-79-49-26-68(27-50-79)111(14,15)16)97(99(93)96)95-89(52-85(103(117)120)92(84)98(94)95)130-77-45-22-66(23-46-77)109(8,9)10/h20-27,43-54,62-64,69-75,80-83,100-101,112-114H,17-19,28-42,55-61H2,1-16H3. The summed E-state index contributed by atoms with van der Waals surface area (Å²) in [6.45, 7) is 39.1. The first-order chi connectivity index (χ1) is 63.1. The summed E-state index contributed by atoms with van der Waals surface area (Å²) in [7, 11) is 0. The second-order valence-corrected chi connectivity index (χ2v) is 44.8. The van der Waals surface area contributed by atoms with Gasteiger partial charge in [0.25, 0.3) is 23.6 Å². The third-order valence-corrected chi connectivity index (χ3v) is 30.5. The monoisotopic (exact) mass is 1790 g/mol. The summed E-state index contributed by atoms with van der Waals surface area (Å²) in [5, 5.41) is 14.1. The first-order valence-electron chi connectivity index (χ1n) is 49.6. The number of nitrogens with one attached hydrogen (secondary N) is 3. The predicted octanol–water partition coefficient (Wildman–Crippen LogP) is 21.6. The van der Waals surface area contributed by atoms with Gasteiger partial charge in [0, 0.05) is 105 Å². The molecule has 700 valence electrons. The molecule has 8 fully saturated rings. The van der Waals surface area contributed by atoms with E-state index in [9.17, 15) is 0 Å². The summed E-state index contributed by atoms with van der Waals surface area (Å²) in [6, 6.07) is 36.3. The van der Waals surface area contributed by atoms with Crippen LogP contribution in [-0.2, 0) is 50.2 Å². The minimum absolute atomic E-state index is 0.105. The molecule has 4 aliphatic carbocycles. The van der Waals surface area contributed by atoms with Crippen LogP contribution in [0.5, 0.6) is 46.0 Å². The van der Waals surface area contributed by atoms with E-state index >= 15 is 28.8 Å². The fraction of sp³-hybridized carbons (Fsp3) is 0.550. The van der Waals surface area contributed by atoms with Crippen molar-refractivity contribution in [3.05, 3.63) is 166 Å². The lowest BCUT2D eigenvalue weighted by atomic mass is 9.79. The van der Waals surface area contributed by atoms with Crippen molar-refractivity contribution in [2.24, 2.45) is 17.8 Å². The van der Waals surface area contributed by atoms with Crippen LogP contribution in [0.25, 0.3) is 43.1 Å². The van der Waals surface area contributed by atoms with Crippen molar-refractivity contribution < 1.29 is 66.7 Å². The minimum atomic E-state index is -1.28. The summed E-state index contributed by atoms with van der Waals surface area (Å²) >= 11 is 0. The Morgan fingerprint density at radius 2 is 0.568 bits per heavy atom. The van der Waals surface area contributed by atoms with Crippen LogP contribution in [0.15, 0.2) is 121 Å². The number of hydrogen-bond acceptors (Lipinski definition) is 17. The van der Waals surface area contributed by atoms with E-state index in [1.54, 1.807) is 24.3 Å². The lowest BCUT2D eigenvalue weighted by molar-refractivity contribution is -0.145. The molecule has 6 aliphatic heterocycles. The second-order valence-electron chi connectivity index (χ2n) is 44.8. The highest BCUT2D eigenvalue weighted by Gasteiger charge is 2.52. The van der Waals surface area contributed by atoms with Gasteiger partial charge in [-0.1, -0.05) is 159 Å². The summed E-state index contributed by atoms with van der Waals surface area (Å²) in [6.07, 6.45) is 16.2. The molecule has 6 atom stereocenters. The smallest absolute Gasteiger partial charge is 0.262 e. The van der Waals surface area contributed by atoms with Crippen LogP contribution in [0.2, 0.25) is 0 Å². The molecule has 0 radical (unpaired) electrons. The van der Waals surface area contributed by atoms with E-state index in [4.69, 9.17) is 37.9 Å². The highest BCUT2D eigenvalue weighted by molar-refractivity contribution is 6.45. The number of imide groups is 2. The van der Waals surface area contributed by atoms with Crippen molar-refractivity contribution >= 4 is 78.5 Å². The normalized spacial score (nSPS) is 25.0. The van der Waals surface area contributed by atoms with Crippen LogP contribution in [0, 0.1) is 17.8 Å². The Labute approximate surface area is 778 Å². The molecule has 9 aromatic carbocycles. The van der Waals surface area contributed by atoms with Crippen molar-refractivity contribution in [2.75, 3.05) is 46.1 Å². The Bertz CT molecular complexity index is 5140. The Morgan fingerprint density at radius 3 is 0.788 bits per heavy atom. The number of carbonyl (C=O) groups excluding carboxylic acids is 6. The molecule has 0 spiro atoms.